The van der Waals surface area contributed by atoms with Crippen molar-refractivity contribution in [3.05, 3.63) is 24.3 Å². The number of hydrogen-bond acceptors (Lipinski definition) is 4. The highest BCUT2D eigenvalue weighted by Crippen LogP contribution is 2.17. The third-order valence-electron chi connectivity index (χ3n) is 2.64. The van der Waals surface area contributed by atoms with Crippen LogP contribution in [0.25, 0.3) is 0 Å². The molecule has 6 nitrogen and oxygen atoms in total. The van der Waals surface area contributed by atoms with E-state index in [4.69, 9.17) is 14.6 Å². The number of benzene rings is 1. The topological polar surface area (TPSA) is 84.9 Å². The van der Waals surface area contributed by atoms with E-state index < -0.39 is 5.97 Å². The number of hydrogen-bond donors (Lipinski definition) is 2. The first-order valence-electron chi connectivity index (χ1n) is 6.96. The fourth-order valence-corrected chi connectivity index (χ4v) is 1.63. The summed E-state index contributed by atoms with van der Waals surface area (Å²) < 4.78 is 10.6. The Morgan fingerprint density at radius 2 is 1.71 bits per heavy atom. The highest BCUT2D eigenvalue weighted by atomic mass is 16.5. The van der Waals surface area contributed by atoms with Crippen molar-refractivity contribution in [2.24, 2.45) is 0 Å². The second kappa shape index (κ2) is 9.63. The zero-order valence-corrected chi connectivity index (χ0v) is 12.1. The molecule has 0 radical (unpaired) electrons. The number of rotatable bonds is 10. The van der Waals surface area contributed by atoms with Crippen LogP contribution in [-0.4, -0.2) is 36.7 Å². The van der Waals surface area contributed by atoms with Crippen LogP contribution in [0, 0.1) is 0 Å². The molecule has 21 heavy (non-hydrogen) atoms. The van der Waals surface area contributed by atoms with Crippen molar-refractivity contribution in [1.29, 1.82) is 0 Å². The molecule has 1 aromatic carbocycles. The lowest BCUT2D eigenvalue weighted by Crippen LogP contribution is -2.29. The van der Waals surface area contributed by atoms with Crippen molar-refractivity contribution in [3.8, 4) is 11.5 Å². The van der Waals surface area contributed by atoms with Gasteiger partial charge in [-0.2, -0.15) is 0 Å². The molecule has 6 heteroatoms. The summed E-state index contributed by atoms with van der Waals surface area (Å²) in [6, 6.07) is 7.04. The molecule has 0 saturated heterocycles. The smallest absolute Gasteiger partial charge is 0.303 e. The third kappa shape index (κ3) is 7.81. The van der Waals surface area contributed by atoms with Gasteiger partial charge in [0.25, 0.3) is 5.91 Å². The minimum Gasteiger partial charge on any atom is -0.494 e. The summed E-state index contributed by atoms with van der Waals surface area (Å²) in [4.78, 5) is 21.8. The van der Waals surface area contributed by atoms with Crippen LogP contribution in [0.5, 0.6) is 11.5 Å². The first kappa shape index (κ1) is 16.8. The number of amides is 1. The van der Waals surface area contributed by atoms with Crippen molar-refractivity contribution in [1.82, 2.24) is 5.32 Å². The number of unbranched alkanes of at least 4 members (excludes halogenated alkanes) is 1. The average molecular weight is 295 g/mol. The van der Waals surface area contributed by atoms with Gasteiger partial charge in [-0.25, -0.2) is 0 Å². The lowest BCUT2D eigenvalue weighted by atomic mass is 10.2. The van der Waals surface area contributed by atoms with E-state index in [0.29, 0.717) is 31.7 Å². The van der Waals surface area contributed by atoms with Gasteiger partial charge in [0, 0.05) is 13.0 Å². The maximum atomic E-state index is 11.5. The lowest BCUT2D eigenvalue weighted by Gasteiger charge is -2.08. The Hall–Kier alpha value is -2.24. The van der Waals surface area contributed by atoms with Gasteiger partial charge >= 0.3 is 5.97 Å². The fourth-order valence-electron chi connectivity index (χ4n) is 1.63. The minimum absolute atomic E-state index is 0.0626. The Kier molecular flexibility index (Phi) is 7.71. The number of carboxylic acid groups (broad SMARTS) is 1. The number of carboxylic acids is 1. The summed E-state index contributed by atoms with van der Waals surface area (Å²) in [6.45, 7) is 2.90. The van der Waals surface area contributed by atoms with Gasteiger partial charge in [0.15, 0.2) is 6.61 Å². The van der Waals surface area contributed by atoms with Gasteiger partial charge in [-0.3, -0.25) is 9.59 Å². The number of ether oxygens (including phenoxy) is 2. The number of carbonyl (C=O) groups is 2. The van der Waals surface area contributed by atoms with E-state index in [1.165, 1.54) is 0 Å². The fraction of sp³-hybridized carbons (Fsp3) is 0.467. The average Bonchev–Trinajstić information content (AvgIpc) is 2.46. The molecule has 0 aliphatic heterocycles. The van der Waals surface area contributed by atoms with E-state index >= 15 is 0 Å². The minimum atomic E-state index is -0.819. The Morgan fingerprint density at radius 3 is 2.29 bits per heavy atom. The molecule has 0 aromatic heterocycles. The van der Waals surface area contributed by atoms with Crippen LogP contribution >= 0.6 is 0 Å². The van der Waals surface area contributed by atoms with Crippen molar-refractivity contribution in [2.45, 2.75) is 26.2 Å². The molecule has 2 N–H and O–H groups in total. The monoisotopic (exact) mass is 295 g/mol. The van der Waals surface area contributed by atoms with Gasteiger partial charge in [0.2, 0.25) is 0 Å². The molecule has 0 aliphatic rings. The quantitative estimate of drug-likeness (QED) is 0.643. The van der Waals surface area contributed by atoms with Crippen LogP contribution in [0.4, 0.5) is 0 Å². The number of carbonyl (C=O) groups excluding carboxylic acids is 1. The first-order valence-corrected chi connectivity index (χ1v) is 6.96. The normalized spacial score (nSPS) is 9.95. The Labute approximate surface area is 124 Å². The SMILES string of the molecule is CCOc1ccc(OCC(=O)NCCCCC(=O)O)cc1. The molecule has 0 bridgehead atoms. The Bertz CT molecular complexity index is 444. The van der Waals surface area contributed by atoms with Crippen molar-refractivity contribution in [3.63, 3.8) is 0 Å². The summed E-state index contributed by atoms with van der Waals surface area (Å²) in [5.74, 6) is 0.312. The predicted octanol–water partition coefficient (Wildman–Crippen LogP) is 1.84. The van der Waals surface area contributed by atoms with Crippen LogP contribution in [0.1, 0.15) is 26.2 Å². The van der Waals surface area contributed by atoms with Crippen LogP contribution < -0.4 is 14.8 Å². The van der Waals surface area contributed by atoms with Gasteiger partial charge < -0.3 is 19.9 Å². The van der Waals surface area contributed by atoms with Crippen LogP contribution in [0.15, 0.2) is 24.3 Å². The maximum Gasteiger partial charge on any atom is 0.303 e. The molecule has 0 heterocycles. The predicted molar refractivity (Wildman–Crippen MR) is 77.6 cm³/mol. The zero-order valence-electron chi connectivity index (χ0n) is 12.1. The number of aliphatic carboxylic acids is 1. The van der Waals surface area contributed by atoms with Crippen molar-refractivity contribution < 1.29 is 24.2 Å². The molecular formula is C15H21NO5. The van der Waals surface area contributed by atoms with E-state index in [1.54, 1.807) is 24.3 Å². The third-order valence-corrected chi connectivity index (χ3v) is 2.64. The molecule has 0 saturated carbocycles. The second-order valence-corrected chi connectivity index (χ2v) is 4.39. The molecule has 0 unspecified atom stereocenters. The zero-order chi connectivity index (χ0) is 15.5. The first-order chi connectivity index (χ1) is 10.1. The summed E-state index contributed by atoms with van der Waals surface area (Å²) in [5, 5.41) is 11.1. The molecule has 0 atom stereocenters. The standard InChI is InChI=1S/C15H21NO5/c1-2-20-12-6-8-13(9-7-12)21-11-14(17)16-10-4-3-5-15(18)19/h6-9H,2-5,10-11H2,1H3,(H,16,17)(H,18,19). The maximum absolute atomic E-state index is 11.5. The Balaban J connectivity index is 2.16. The molecule has 1 aromatic rings. The van der Waals surface area contributed by atoms with E-state index in [1.807, 2.05) is 6.92 Å². The van der Waals surface area contributed by atoms with Crippen molar-refractivity contribution in [2.75, 3.05) is 19.8 Å². The molecule has 0 spiro atoms. The molecular weight excluding hydrogens is 274 g/mol. The summed E-state index contributed by atoms with van der Waals surface area (Å²) >= 11 is 0. The van der Waals surface area contributed by atoms with Gasteiger partial charge in [-0.05, 0) is 44.0 Å². The van der Waals surface area contributed by atoms with Gasteiger partial charge in [-0.1, -0.05) is 0 Å². The van der Waals surface area contributed by atoms with Gasteiger partial charge in [0.1, 0.15) is 11.5 Å². The van der Waals surface area contributed by atoms with E-state index in [9.17, 15) is 9.59 Å². The molecule has 0 fully saturated rings. The summed E-state index contributed by atoms with van der Waals surface area (Å²) in [6.07, 6.45) is 1.31. The lowest BCUT2D eigenvalue weighted by molar-refractivity contribution is -0.137. The number of nitrogens with one attached hydrogen (secondary N) is 1. The van der Waals surface area contributed by atoms with Crippen molar-refractivity contribution >= 4 is 11.9 Å². The largest absolute Gasteiger partial charge is 0.494 e. The van der Waals surface area contributed by atoms with E-state index in [-0.39, 0.29) is 18.9 Å². The second-order valence-electron chi connectivity index (χ2n) is 4.39. The van der Waals surface area contributed by atoms with E-state index in [0.717, 1.165) is 5.75 Å². The molecule has 1 rings (SSSR count). The Morgan fingerprint density at radius 1 is 1.10 bits per heavy atom. The molecule has 0 aliphatic carbocycles. The van der Waals surface area contributed by atoms with Crippen LogP contribution in [0.2, 0.25) is 0 Å². The van der Waals surface area contributed by atoms with Gasteiger partial charge in [0.05, 0.1) is 6.61 Å². The summed E-state index contributed by atoms with van der Waals surface area (Å²) in [7, 11) is 0. The highest BCUT2D eigenvalue weighted by molar-refractivity contribution is 5.77. The van der Waals surface area contributed by atoms with Gasteiger partial charge in [-0.15, -0.1) is 0 Å². The summed E-state index contributed by atoms with van der Waals surface area (Å²) in [5.41, 5.74) is 0. The van der Waals surface area contributed by atoms with Crippen LogP contribution in [0.3, 0.4) is 0 Å². The van der Waals surface area contributed by atoms with Crippen LogP contribution in [-0.2, 0) is 9.59 Å². The highest BCUT2D eigenvalue weighted by Gasteiger charge is 2.03. The molecule has 1 amide bonds. The van der Waals surface area contributed by atoms with E-state index in [2.05, 4.69) is 5.32 Å². The molecule has 116 valence electrons.